The summed E-state index contributed by atoms with van der Waals surface area (Å²) < 4.78 is 14.2. The highest BCUT2D eigenvalue weighted by Crippen LogP contribution is 2.15. The molecule has 1 aliphatic heterocycles. The van der Waals surface area contributed by atoms with Gasteiger partial charge in [-0.3, -0.25) is 9.88 Å². The van der Waals surface area contributed by atoms with Gasteiger partial charge >= 0.3 is 12.1 Å². The second-order valence-corrected chi connectivity index (χ2v) is 7.86. The number of urea groups is 2. The van der Waals surface area contributed by atoms with Gasteiger partial charge in [0.15, 0.2) is 0 Å². The fraction of sp³-hybridized carbons (Fsp3) is 0.409. The molecule has 0 saturated carbocycles. The maximum absolute atomic E-state index is 14.2. The van der Waals surface area contributed by atoms with Crippen LogP contribution in [-0.4, -0.2) is 72.0 Å². The van der Waals surface area contributed by atoms with Crippen LogP contribution in [0.25, 0.3) is 0 Å². The van der Waals surface area contributed by atoms with Gasteiger partial charge in [-0.25, -0.2) is 14.0 Å². The van der Waals surface area contributed by atoms with E-state index in [1.165, 1.54) is 6.07 Å². The van der Waals surface area contributed by atoms with Crippen LogP contribution in [0.3, 0.4) is 0 Å². The monoisotopic (exact) mass is 428 g/mol. The summed E-state index contributed by atoms with van der Waals surface area (Å²) in [5.74, 6) is -0.359. The van der Waals surface area contributed by atoms with Crippen LogP contribution >= 0.6 is 0 Å². The lowest BCUT2D eigenvalue weighted by Crippen LogP contribution is -2.51. The first-order valence-electron chi connectivity index (χ1n) is 10.2. The smallest absolute Gasteiger partial charge is 0.319 e. The molecule has 1 aliphatic rings. The predicted molar refractivity (Wildman–Crippen MR) is 117 cm³/mol. The van der Waals surface area contributed by atoms with Gasteiger partial charge in [0.05, 0.1) is 11.9 Å². The Morgan fingerprint density at radius 3 is 2.52 bits per heavy atom. The zero-order valence-electron chi connectivity index (χ0n) is 18.2. The van der Waals surface area contributed by atoms with Gasteiger partial charge in [-0.15, -0.1) is 0 Å². The molecule has 1 aromatic carbocycles. The van der Waals surface area contributed by atoms with Crippen LogP contribution in [0.4, 0.5) is 19.7 Å². The van der Waals surface area contributed by atoms with E-state index in [0.29, 0.717) is 30.9 Å². The number of rotatable bonds is 5. The topological polar surface area (TPSA) is 80.8 Å². The lowest BCUT2D eigenvalue weighted by Gasteiger charge is -2.36. The van der Waals surface area contributed by atoms with Crippen molar-refractivity contribution in [2.45, 2.75) is 20.0 Å². The van der Waals surface area contributed by atoms with Gasteiger partial charge in [-0.1, -0.05) is 6.07 Å². The summed E-state index contributed by atoms with van der Waals surface area (Å²) in [5.41, 5.74) is 2.82. The zero-order valence-corrected chi connectivity index (χ0v) is 18.2. The number of pyridine rings is 1. The van der Waals surface area contributed by atoms with Gasteiger partial charge in [0, 0.05) is 64.6 Å². The molecular weight excluding hydrogens is 399 g/mol. The third-order valence-corrected chi connectivity index (χ3v) is 5.15. The molecule has 3 rings (SSSR count). The Morgan fingerprint density at radius 2 is 1.87 bits per heavy atom. The number of nitrogens with zero attached hydrogens (tertiary/aromatic N) is 4. The third kappa shape index (κ3) is 6.39. The number of piperazine rings is 1. The number of halogens is 1. The first-order valence-corrected chi connectivity index (χ1v) is 10.2. The summed E-state index contributed by atoms with van der Waals surface area (Å²) in [5, 5.41) is 5.36. The number of carbonyl (C=O) groups is 2. The molecule has 1 aromatic heterocycles. The van der Waals surface area contributed by atoms with Crippen LogP contribution in [0.2, 0.25) is 0 Å². The minimum absolute atomic E-state index is 0.0227. The number of aromatic nitrogens is 1. The summed E-state index contributed by atoms with van der Waals surface area (Å²) >= 11 is 0. The van der Waals surface area contributed by atoms with Crippen molar-refractivity contribution in [3.63, 3.8) is 0 Å². The van der Waals surface area contributed by atoms with E-state index < -0.39 is 6.03 Å². The summed E-state index contributed by atoms with van der Waals surface area (Å²) in [6, 6.07) is 8.13. The Labute approximate surface area is 182 Å². The Bertz CT molecular complexity index is 911. The molecule has 1 saturated heterocycles. The van der Waals surface area contributed by atoms with E-state index >= 15 is 0 Å². The van der Waals surface area contributed by atoms with Crippen LogP contribution in [0.1, 0.15) is 16.8 Å². The number of hydrogen-bond acceptors (Lipinski definition) is 4. The second kappa shape index (κ2) is 10.2. The molecule has 8 nitrogen and oxygen atoms in total. The maximum atomic E-state index is 14.2. The van der Waals surface area contributed by atoms with E-state index in [4.69, 9.17) is 0 Å². The minimum atomic E-state index is -0.419. The van der Waals surface area contributed by atoms with E-state index in [9.17, 15) is 14.0 Å². The largest absolute Gasteiger partial charge is 0.334 e. The number of nitrogens with one attached hydrogen (secondary N) is 2. The number of hydrogen-bond donors (Lipinski definition) is 2. The second-order valence-electron chi connectivity index (χ2n) is 7.86. The van der Waals surface area contributed by atoms with Gasteiger partial charge < -0.3 is 20.4 Å². The van der Waals surface area contributed by atoms with Crippen LogP contribution in [0, 0.1) is 12.7 Å². The summed E-state index contributed by atoms with van der Waals surface area (Å²) in [7, 11) is 3.50. The van der Waals surface area contributed by atoms with Gasteiger partial charge in [-0.2, -0.15) is 0 Å². The van der Waals surface area contributed by atoms with E-state index in [1.54, 1.807) is 49.5 Å². The minimum Gasteiger partial charge on any atom is -0.334 e. The molecule has 0 radical (unpaired) electrons. The highest BCUT2D eigenvalue weighted by Gasteiger charge is 2.22. The zero-order chi connectivity index (χ0) is 22.4. The number of anilines is 1. The molecule has 31 heavy (non-hydrogen) atoms. The average Bonchev–Trinajstić information content (AvgIpc) is 2.75. The van der Waals surface area contributed by atoms with Crippen LogP contribution in [-0.2, 0) is 13.1 Å². The van der Waals surface area contributed by atoms with E-state index in [1.807, 2.05) is 11.8 Å². The van der Waals surface area contributed by atoms with Crippen molar-refractivity contribution in [2.75, 3.05) is 45.6 Å². The molecule has 2 heterocycles. The van der Waals surface area contributed by atoms with Crippen LogP contribution < -0.4 is 10.6 Å². The van der Waals surface area contributed by atoms with Crippen LogP contribution in [0.15, 0.2) is 36.5 Å². The molecule has 2 N–H and O–H groups in total. The third-order valence-electron chi connectivity index (χ3n) is 5.15. The molecule has 2 aromatic rings. The van der Waals surface area contributed by atoms with Crippen molar-refractivity contribution in [3.8, 4) is 0 Å². The van der Waals surface area contributed by atoms with Crippen molar-refractivity contribution in [1.29, 1.82) is 0 Å². The Morgan fingerprint density at radius 1 is 1.13 bits per heavy atom. The van der Waals surface area contributed by atoms with Crippen molar-refractivity contribution >= 4 is 17.7 Å². The van der Waals surface area contributed by atoms with Gasteiger partial charge in [0.2, 0.25) is 0 Å². The molecule has 0 unspecified atom stereocenters. The lowest BCUT2D eigenvalue weighted by molar-refractivity contribution is 0.120. The molecule has 0 bridgehead atoms. The quantitative estimate of drug-likeness (QED) is 0.767. The van der Waals surface area contributed by atoms with Gasteiger partial charge in [-0.05, 0) is 36.8 Å². The Kier molecular flexibility index (Phi) is 7.41. The first-order chi connectivity index (χ1) is 14.8. The highest BCUT2D eigenvalue weighted by atomic mass is 19.1. The number of carbonyl (C=O) groups excluding carboxylic acids is 2. The van der Waals surface area contributed by atoms with Crippen molar-refractivity contribution < 1.29 is 14.0 Å². The molecule has 4 amide bonds. The van der Waals surface area contributed by atoms with E-state index in [0.717, 1.165) is 24.3 Å². The predicted octanol–water partition coefficient (Wildman–Crippen LogP) is 2.65. The van der Waals surface area contributed by atoms with Crippen molar-refractivity contribution in [3.05, 3.63) is 59.2 Å². The van der Waals surface area contributed by atoms with E-state index in [-0.39, 0.29) is 18.4 Å². The molecule has 1 fully saturated rings. The molecule has 166 valence electrons. The van der Waals surface area contributed by atoms with E-state index in [2.05, 4.69) is 20.5 Å². The van der Waals surface area contributed by atoms with Crippen molar-refractivity contribution in [1.82, 2.24) is 25.0 Å². The standard InChI is InChI=1S/C22H29FN6O2/c1-16-4-6-19(14-24-16)26-21(30)25-13-18-12-17(5-7-20(18)23)15-28-8-10-29(11-9-28)22(31)27(2)3/h4-7,12,14H,8-11,13,15H2,1-3H3,(H2,25,26,30). The fourth-order valence-corrected chi connectivity index (χ4v) is 3.39. The van der Waals surface area contributed by atoms with Gasteiger partial charge in [0.25, 0.3) is 0 Å². The molecule has 0 aliphatic carbocycles. The normalized spacial score (nSPS) is 14.3. The summed E-state index contributed by atoms with van der Waals surface area (Å²) in [6.45, 7) is 5.47. The molecule has 9 heteroatoms. The number of amides is 4. The summed E-state index contributed by atoms with van der Waals surface area (Å²) in [4.78, 5) is 33.9. The lowest BCUT2D eigenvalue weighted by atomic mass is 10.1. The number of aryl methyl sites for hydroxylation is 1. The van der Waals surface area contributed by atoms with Crippen molar-refractivity contribution in [2.24, 2.45) is 0 Å². The maximum Gasteiger partial charge on any atom is 0.319 e. The average molecular weight is 429 g/mol. The van der Waals surface area contributed by atoms with Gasteiger partial charge in [0.1, 0.15) is 5.82 Å². The number of benzene rings is 1. The Hall–Kier alpha value is -3.20. The molecule has 0 spiro atoms. The first kappa shape index (κ1) is 22.5. The Balaban J connectivity index is 1.51. The molecular formula is C22H29FN6O2. The SMILES string of the molecule is Cc1ccc(NC(=O)NCc2cc(CN3CCN(C(=O)N(C)C)CC3)ccc2F)cn1. The highest BCUT2D eigenvalue weighted by molar-refractivity contribution is 5.88. The molecule has 0 atom stereocenters. The summed E-state index contributed by atoms with van der Waals surface area (Å²) in [6.07, 6.45) is 1.57. The fourth-order valence-electron chi connectivity index (χ4n) is 3.39. The van der Waals surface area contributed by atoms with Crippen LogP contribution in [0.5, 0.6) is 0 Å².